The molecule has 2 aliphatic rings. The lowest BCUT2D eigenvalue weighted by molar-refractivity contribution is -0.185. The Bertz CT molecular complexity index is 252. The second kappa shape index (κ2) is 4.99. The summed E-state index contributed by atoms with van der Waals surface area (Å²) in [4.78, 5) is 13.2. The first-order valence-corrected chi connectivity index (χ1v) is 5.56. The summed E-state index contributed by atoms with van der Waals surface area (Å²) in [7, 11) is 0. The highest BCUT2D eigenvalue weighted by Gasteiger charge is 2.42. The summed E-state index contributed by atoms with van der Waals surface area (Å²) < 4.78 is 15.9. The molecule has 0 radical (unpaired) electrons. The molecular formula is C10H17NO5. The Kier molecular flexibility index (Phi) is 3.63. The molecule has 2 fully saturated rings. The molecule has 1 N–H and O–H groups in total. The van der Waals surface area contributed by atoms with Crippen molar-refractivity contribution in [3.63, 3.8) is 0 Å². The zero-order valence-corrected chi connectivity index (χ0v) is 9.18. The maximum absolute atomic E-state index is 11.6. The van der Waals surface area contributed by atoms with Gasteiger partial charge in [-0.25, -0.2) is 4.79 Å². The van der Waals surface area contributed by atoms with E-state index < -0.39 is 11.9 Å². The molecule has 2 heterocycles. The van der Waals surface area contributed by atoms with Crippen LogP contribution in [-0.4, -0.2) is 61.4 Å². The topological polar surface area (TPSA) is 68.2 Å². The van der Waals surface area contributed by atoms with Gasteiger partial charge >= 0.3 is 6.09 Å². The van der Waals surface area contributed by atoms with E-state index in [1.807, 2.05) is 0 Å². The Hall–Kier alpha value is -0.850. The molecule has 2 rings (SSSR count). The van der Waals surface area contributed by atoms with E-state index >= 15 is 0 Å². The Morgan fingerprint density at radius 1 is 1.44 bits per heavy atom. The van der Waals surface area contributed by atoms with Crippen LogP contribution in [0.2, 0.25) is 0 Å². The Morgan fingerprint density at radius 3 is 2.88 bits per heavy atom. The van der Waals surface area contributed by atoms with Crippen molar-refractivity contribution in [2.45, 2.75) is 18.6 Å². The van der Waals surface area contributed by atoms with Crippen LogP contribution in [0.5, 0.6) is 0 Å². The van der Waals surface area contributed by atoms with Crippen LogP contribution in [0.1, 0.15) is 12.8 Å². The Labute approximate surface area is 94.1 Å². The molecule has 16 heavy (non-hydrogen) atoms. The number of carbonyl (C=O) groups excluding carboxylic acids is 1. The van der Waals surface area contributed by atoms with Crippen molar-refractivity contribution in [2.75, 3.05) is 39.5 Å². The van der Waals surface area contributed by atoms with E-state index in [1.54, 1.807) is 4.90 Å². The van der Waals surface area contributed by atoms with Crippen molar-refractivity contribution in [2.24, 2.45) is 0 Å². The fraction of sp³-hybridized carbons (Fsp3) is 0.900. The fourth-order valence-electron chi connectivity index (χ4n) is 2.10. The van der Waals surface area contributed by atoms with E-state index in [0.717, 1.165) is 12.8 Å². The van der Waals surface area contributed by atoms with Gasteiger partial charge in [-0.15, -0.1) is 0 Å². The van der Waals surface area contributed by atoms with Gasteiger partial charge in [0.15, 0.2) is 5.79 Å². The van der Waals surface area contributed by atoms with Crippen LogP contribution >= 0.6 is 0 Å². The van der Waals surface area contributed by atoms with Gasteiger partial charge in [0.05, 0.1) is 26.4 Å². The molecule has 0 aliphatic carbocycles. The third-order valence-corrected chi connectivity index (χ3v) is 2.81. The molecule has 0 aromatic rings. The molecule has 0 aromatic carbocycles. The number of aliphatic hydroxyl groups is 1. The molecular weight excluding hydrogens is 214 g/mol. The van der Waals surface area contributed by atoms with Gasteiger partial charge in [0.2, 0.25) is 0 Å². The molecule has 92 valence electrons. The monoisotopic (exact) mass is 231 g/mol. The van der Waals surface area contributed by atoms with Crippen LogP contribution in [0.15, 0.2) is 0 Å². The van der Waals surface area contributed by atoms with E-state index in [4.69, 9.17) is 19.3 Å². The minimum absolute atomic E-state index is 0.0318. The summed E-state index contributed by atoms with van der Waals surface area (Å²) in [6.07, 6.45) is 1.25. The first kappa shape index (κ1) is 11.6. The van der Waals surface area contributed by atoms with Gasteiger partial charge in [0.25, 0.3) is 0 Å². The molecule has 0 bridgehead atoms. The number of ether oxygens (including phenoxy) is 3. The first-order chi connectivity index (χ1) is 7.76. The quantitative estimate of drug-likeness (QED) is 0.722. The second-order valence-electron chi connectivity index (χ2n) is 3.97. The third-order valence-electron chi connectivity index (χ3n) is 2.81. The van der Waals surface area contributed by atoms with Gasteiger partial charge in [-0.1, -0.05) is 0 Å². The van der Waals surface area contributed by atoms with Crippen molar-refractivity contribution < 1.29 is 24.1 Å². The van der Waals surface area contributed by atoms with E-state index in [0.29, 0.717) is 26.3 Å². The summed E-state index contributed by atoms with van der Waals surface area (Å²) in [5.74, 6) is -0.615. The number of hydrogen-bond donors (Lipinski definition) is 1. The van der Waals surface area contributed by atoms with Crippen LogP contribution in [-0.2, 0) is 14.2 Å². The van der Waals surface area contributed by atoms with Gasteiger partial charge in [-0.05, 0) is 6.42 Å². The average molecular weight is 231 g/mol. The average Bonchev–Trinajstić information content (AvgIpc) is 2.74. The lowest BCUT2D eigenvalue weighted by Crippen LogP contribution is -2.51. The van der Waals surface area contributed by atoms with Gasteiger partial charge in [0, 0.05) is 13.0 Å². The Morgan fingerprint density at radius 2 is 2.19 bits per heavy atom. The number of nitrogens with zero attached hydrogens (tertiary/aromatic N) is 1. The second-order valence-corrected chi connectivity index (χ2v) is 3.97. The van der Waals surface area contributed by atoms with E-state index in [-0.39, 0.29) is 13.2 Å². The zero-order chi connectivity index (χ0) is 11.4. The van der Waals surface area contributed by atoms with Crippen LogP contribution in [0.4, 0.5) is 4.79 Å². The van der Waals surface area contributed by atoms with Gasteiger partial charge in [-0.3, -0.25) is 0 Å². The van der Waals surface area contributed by atoms with E-state index in [2.05, 4.69) is 0 Å². The summed E-state index contributed by atoms with van der Waals surface area (Å²) in [6, 6.07) is 0. The summed E-state index contributed by atoms with van der Waals surface area (Å²) in [6.45, 7) is 2.11. The van der Waals surface area contributed by atoms with Gasteiger partial charge < -0.3 is 24.2 Å². The smallest absolute Gasteiger partial charge is 0.410 e. The standard InChI is InChI=1S/C10H17NO5/c12-4-5-14-9(13)11-3-1-2-10(8-11)15-6-7-16-10/h12H,1-8H2. The molecule has 6 heteroatoms. The lowest BCUT2D eigenvalue weighted by Gasteiger charge is -2.37. The van der Waals surface area contributed by atoms with Crippen molar-refractivity contribution in [3.8, 4) is 0 Å². The Balaban J connectivity index is 1.88. The fourth-order valence-corrected chi connectivity index (χ4v) is 2.10. The molecule has 2 aliphatic heterocycles. The number of hydrogen-bond acceptors (Lipinski definition) is 5. The number of amides is 1. The molecule has 1 spiro atoms. The molecule has 0 unspecified atom stereocenters. The lowest BCUT2D eigenvalue weighted by atomic mass is 10.1. The van der Waals surface area contributed by atoms with Crippen LogP contribution in [0.25, 0.3) is 0 Å². The maximum atomic E-state index is 11.6. The van der Waals surface area contributed by atoms with Crippen molar-refractivity contribution >= 4 is 6.09 Å². The van der Waals surface area contributed by atoms with Crippen molar-refractivity contribution in [1.82, 2.24) is 4.90 Å². The highest BCUT2D eigenvalue weighted by molar-refractivity contribution is 5.67. The largest absolute Gasteiger partial charge is 0.447 e. The minimum Gasteiger partial charge on any atom is -0.447 e. The van der Waals surface area contributed by atoms with E-state index in [1.165, 1.54) is 0 Å². The molecule has 0 aromatic heterocycles. The number of piperidine rings is 1. The van der Waals surface area contributed by atoms with Gasteiger partial charge in [-0.2, -0.15) is 0 Å². The predicted octanol–water partition coefficient (Wildman–Crippen LogP) is -0.0458. The van der Waals surface area contributed by atoms with Crippen LogP contribution in [0, 0.1) is 0 Å². The predicted molar refractivity (Wildman–Crippen MR) is 53.9 cm³/mol. The maximum Gasteiger partial charge on any atom is 0.410 e. The van der Waals surface area contributed by atoms with Crippen molar-refractivity contribution in [3.05, 3.63) is 0 Å². The number of carbonyl (C=O) groups is 1. The third kappa shape index (κ3) is 2.45. The molecule has 0 saturated carbocycles. The number of rotatable bonds is 2. The summed E-state index contributed by atoms with van der Waals surface area (Å²) in [5, 5.41) is 8.57. The highest BCUT2D eigenvalue weighted by atomic mass is 16.7. The van der Waals surface area contributed by atoms with E-state index in [9.17, 15) is 4.79 Å². The highest BCUT2D eigenvalue weighted by Crippen LogP contribution is 2.30. The molecule has 0 atom stereocenters. The summed E-state index contributed by atoms with van der Waals surface area (Å²) >= 11 is 0. The first-order valence-electron chi connectivity index (χ1n) is 5.56. The molecule has 2 saturated heterocycles. The number of aliphatic hydroxyl groups excluding tert-OH is 1. The van der Waals surface area contributed by atoms with Gasteiger partial charge in [0.1, 0.15) is 6.61 Å². The van der Waals surface area contributed by atoms with Crippen LogP contribution in [0.3, 0.4) is 0 Å². The summed E-state index contributed by atoms with van der Waals surface area (Å²) in [5.41, 5.74) is 0. The normalized spacial score (nSPS) is 23.7. The van der Waals surface area contributed by atoms with Crippen LogP contribution < -0.4 is 0 Å². The number of likely N-dealkylation sites (tertiary alicyclic amines) is 1. The SMILES string of the molecule is O=C(OCCO)N1CCCC2(C1)OCCO2. The zero-order valence-electron chi connectivity index (χ0n) is 9.18. The minimum atomic E-state index is -0.615. The molecule has 6 nitrogen and oxygen atoms in total. The molecule has 1 amide bonds. The van der Waals surface area contributed by atoms with Crippen molar-refractivity contribution in [1.29, 1.82) is 0 Å².